The summed E-state index contributed by atoms with van der Waals surface area (Å²) >= 11 is 0.876. The third-order valence-corrected chi connectivity index (χ3v) is 4.50. The number of ether oxygens (including phenoxy) is 1. The van der Waals surface area contributed by atoms with E-state index in [2.05, 4.69) is 5.32 Å². The third kappa shape index (κ3) is 4.07. The molecule has 1 aromatic heterocycles. The molecule has 0 aliphatic rings. The number of hydrogen-bond donors (Lipinski definition) is 2. The van der Waals surface area contributed by atoms with Crippen LogP contribution in [0.5, 0.6) is 10.8 Å². The summed E-state index contributed by atoms with van der Waals surface area (Å²) in [6.07, 6.45) is 0. The minimum absolute atomic E-state index is 0.0151. The largest absolute Gasteiger partial charge is 0.477 e. The van der Waals surface area contributed by atoms with Crippen LogP contribution in [-0.2, 0) is 0 Å². The van der Waals surface area contributed by atoms with Crippen LogP contribution in [0.4, 0.5) is 10.1 Å². The average molecular weight is 371 g/mol. The SMILES string of the molecule is Cc1ccc(C(=O)Nc2cc(C(=O)O)sc2Oc2ccc(F)cc2)cc1. The summed E-state index contributed by atoms with van der Waals surface area (Å²) in [6, 6.07) is 13.6. The molecular formula is C19H14FNO4S. The summed E-state index contributed by atoms with van der Waals surface area (Å²) in [5.41, 5.74) is 1.69. The smallest absolute Gasteiger partial charge is 0.346 e. The number of rotatable bonds is 5. The number of carboxylic acids is 1. The summed E-state index contributed by atoms with van der Waals surface area (Å²) in [5.74, 6) is -1.60. The van der Waals surface area contributed by atoms with Gasteiger partial charge in [0, 0.05) is 5.56 Å². The van der Waals surface area contributed by atoms with Crippen LogP contribution in [0.3, 0.4) is 0 Å². The maximum Gasteiger partial charge on any atom is 0.346 e. The highest BCUT2D eigenvalue weighted by Gasteiger charge is 2.18. The second-order valence-electron chi connectivity index (χ2n) is 5.49. The van der Waals surface area contributed by atoms with Crippen LogP contribution in [0.2, 0.25) is 0 Å². The van der Waals surface area contributed by atoms with E-state index in [0.717, 1.165) is 16.9 Å². The van der Waals surface area contributed by atoms with Crippen LogP contribution in [0.25, 0.3) is 0 Å². The number of carbonyl (C=O) groups is 2. The first-order chi connectivity index (χ1) is 12.4. The highest BCUT2D eigenvalue weighted by atomic mass is 32.1. The Bertz CT molecular complexity index is 949. The summed E-state index contributed by atoms with van der Waals surface area (Å²) < 4.78 is 18.6. The Morgan fingerprint density at radius 2 is 1.73 bits per heavy atom. The van der Waals surface area contributed by atoms with Gasteiger partial charge in [-0.25, -0.2) is 9.18 Å². The standard InChI is InChI=1S/C19H14FNO4S/c1-11-2-4-12(5-3-11)17(22)21-15-10-16(18(23)24)26-19(15)25-14-8-6-13(20)7-9-14/h2-10H,1H3,(H,21,22)(H,23,24). The molecule has 0 saturated carbocycles. The van der Waals surface area contributed by atoms with Crippen LogP contribution in [0, 0.1) is 12.7 Å². The Hall–Kier alpha value is -3.19. The number of aryl methyl sites for hydroxylation is 1. The molecule has 1 heterocycles. The molecule has 26 heavy (non-hydrogen) atoms. The molecule has 3 rings (SSSR count). The van der Waals surface area contributed by atoms with Gasteiger partial charge in [0.05, 0.1) is 5.69 Å². The molecule has 132 valence electrons. The van der Waals surface area contributed by atoms with Gasteiger partial charge in [-0.15, -0.1) is 0 Å². The van der Waals surface area contributed by atoms with Gasteiger partial charge in [-0.05, 0) is 49.4 Å². The van der Waals surface area contributed by atoms with Crippen LogP contribution in [-0.4, -0.2) is 17.0 Å². The molecule has 0 atom stereocenters. The Kier molecular flexibility index (Phi) is 4.99. The molecule has 0 bridgehead atoms. The van der Waals surface area contributed by atoms with Crippen LogP contribution < -0.4 is 10.1 Å². The number of benzene rings is 2. The average Bonchev–Trinajstić information content (AvgIpc) is 3.00. The number of hydrogen-bond acceptors (Lipinski definition) is 4. The molecular weight excluding hydrogens is 357 g/mol. The molecule has 2 aromatic carbocycles. The predicted molar refractivity (Wildman–Crippen MR) is 96.9 cm³/mol. The van der Waals surface area contributed by atoms with E-state index in [1.807, 2.05) is 6.92 Å². The van der Waals surface area contributed by atoms with Crippen LogP contribution in [0.15, 0.2) is 54.6 Å². The molecule has 0 aliphatic heterocycles. The van der Waals surface area contributed by atoms with E-state index >= 15 is 0 Å². The summed E-state index contributed by atoms with van der Waals surface area (Å²) in [4.78, 5) is 23.7. The number of nitrogens with one attached hydrogen (secondary N) is 1. The van der Waals surface area contributed by atoms with Crippen molar-refractivity contribution < 1.29 is 23.8 Å². The Balaban J connectivity index is 1.87. The lowest BCUT2D eigenvalue weighted by Gasteiger charge is -2.08. The number of aromatic carboxylic acids is 1. The number of amides is 1. The zero-order chi connectivity index (χ0) is 18.7. The maximum atomic E-state index is 13.0. The fraction of sp³-hybridized carbons (Fsp3) is 0.0526. The monoisotopic (exact) mass is 371 g/mol. The van der Waals surface area contributed by atoms with Gasteiger partial charge >= 0.3 is 5.97 Å². The van der Waals surface area contributed by atoms with Gasteiger partial charge in [0.25, 0.3) is 5.91 Å². The van der Waals surface area contributed by atoms with E-state index in [9.17, 15) is 19.1 Å². The minimum atomic E-state index is -1.13. The highest BCUT2D eigenvalue weighted by molar-refractivity contribution is 7.16. The van der Waals surface area contributed by atoms with Gasteiger partial charge in [-0.2, -0.15) is 0 Å². The summed E-state index contributed by atoms with van der Waals surface area (Å²) in [7, 11) is 0. The van der Waals surface area contributed by atoms with Crippen LogP contribution >= 0.6 is 11.3 Å². The zero-order valence-corrected chi connectivity index (χ0v) is 14.5. The van der Waals surface area contributed by atoms with E-state index in [1.165, 1.54) is 30.3 Å². The highest BCUT2D eigenvalue weighted by Crippen LogP contribution is 2.38. The van der Waals surface area contributed by atoms with Crippen molar-refractivity contribution in [1.29, 1.82) is 0 Å². The Labute approximate surface area is 152 Å². The minimum Gasteiger partial charge on any atom is -0.477 e. The fourth-order valence-electron chi connectivity index (χ4n) is 2.15. The molecule has 0 radical (unpaired) electrons. The fourth-order valence-corrected chi connectivity index (χ4v) is 2.97. The van der Waals surface area contributed by atoms with E-state index in [4.69, 9.17) is 4.74 Å². The Morgan fingerprint density at radius 3 is 2.35 bits per heavy atom. The lowest BCUT2D eigenvalue weighted by atomic mass is 10.1. The maximum absolute atomic E-state index is 13.0. The first kappa shape index (κ1) is 17.6. The second-order valence-corrected chi connectivity index (χ2v) is 6.51. The number of anilines is 1. The second kappa shape index (κ2) is 7.37. The summed E-state index contributed by atoms with van der Waals surface area (Å²) in [5, 5.41) is 12.1. The van der Waals surface area contributed by atoms with E-state index < -0.39 is 11.8 Å². The molecule has 0 fully saturated rings. The van der Waals surface area contributed by atoms with Gasteiger partial charge in [0.2, 0.25) is 5.06 Å². The normalized spacial score (nSPS) is 10.4. The van der Waals surface area contributed by atoms with Gasteiger partial charge < -0.3 is 15.2 Å². The zero-order valence-electron chi connectivity index (χ0n) is 13.7. The van der Waals surface area contributed by atoms with Crippen molar-refractivity contribution in [3.63, 3.8) is 0 Å². The summed E-state index contributed by atoms with van der Waals surface area (Å²) in [6.45, 7) is 1.91. The van der Waals surface area contributed by atoms with Crippen molar-refractivity contribution in [1.82, 2.24) is 0 Å². The van der Waals surface area contributed by atoms with Gasteiger partial charge in [0.15, 0.2) is 0 Å². The van der Waals surface area contributed by atoms with E-state index in [-0.39, 0.29) is 21.5 Å². The molecule has 0 spiro atoms. The van der Waals surface area contributed by atoms with E-state index in [0.29, 0.717) is 11.3 Å². The van der Waals surface area contributed by atoms with Gasteiger partial charge in [0.1, 0.15) is 16.4 Å². The van der Waals surface area contributed by atoms with Gasteiger partial charge in [-0.3, -0.25) is 4.79 Å². The molecule has 5 nitrogen and oxygen atoms in total. The van der Waals surface area contributed by atoms with Crippen molar-refractivity contribution in [2.45, 2.75) is 6.92 Å². The molecule has 0 aliphatic carbocycles. The quantitative estimate of drug-likeness (QED) is 0.666. The third-order valence-electron chi connectivity index (χ3n) is 3.49. The Morgan fingerprint density at radius 1 is 1.08 bits per heavy atom. The van der Waals surface area contributed by atoms with Crippen molar-refractivity contribution >= 4 is 28.9 Å². The lowest BCUT2D eigenvalue weighted by Crippen LogP contribution is -2.11. The molecule has 3 aromatic rings. The van der Waals surface area contributed by atoms with Gasteiger partial charge in [-0.1, -0.05) is 29.0 Å². The topological polar surface area (TPSA) is 75.6 Å². The predicted octanol–water partition coefficient (Wildman–Crippen LogP) is 4.94. The number of carbonyl (C=O) groups excluding carboxylic acids is 1. The number of thiophene rings is 1. The molecule has 1 amide bonds. The lowest BCUT2D eigenvalue weighted by molar-refractivity contribution is 0.0701. The van der Waals surface area contributed by atoms with Crippen molar-refractivity contribution in [2.75, 3.05) is 5.32 Å². The van der Waals surface area contributed by atoms with E-state index in [1.54, 1.807) is 24.3 Å². The van der Waals surface area contributed by atoms with Crippen molar-refractivity contribution in [3.05, 3.63) is 76.4 Å². The first-order valence-electron chi connectivity index (χ1n) is 7.61. The number of halogens is 1. The van der Waals surface area contributed by atoms with Crippen LogP contribution in [0.1, 0.15) is 25.6 Å². The molecule has 0 saturated heterocycles. The van der Waals surface area contributed by atoms with Crippen molar-refractivity contribution in [2.24, 2.45) is 0 Å². The van der Waals surface area contributed by atoms with Crippen molar-refractivity contribution in [3.8, 4) is 10.8 Å². The molecule has 2 N–H and O–H groups in total. The first-order valence-corrected chi connectivity index (χ1v) is 8.42. The molecule has 7 heteroatoms. The number of carboxylic acid groups (broad SMARTS) is 1. The molecule has 0 unspecified atom stereocenters.